The van der Waals surface area contributed by atoms with Gasteiger partial charge in [0.1, 0.15) is 5.75 Å². The zero-order valence-corrected chi connectivity index (χ0v) is 10.7. The van der Waals surface area contributed by atoms with Crippen LogP contribution in [0.1, 0.15) is 6.92 Å². The van der Waals surface area contributed by atoms with E-state index in [0.29, 0.717) is 5.69 Å². The highest BCUT2D eigenvalue weighted by Gasteiger charge is 2.09. The molecule has 0 aliphatic rings. The Kier molecular flexibility index (Phi) is 6.01. The van der Waals surface area contributed by atoms with E-state index in [2.05, 4.69) is 20.0 Å². The number of benzene rings is 1. The number of anilines is 1. The summed E-state index contributed by atoms with van der Waals surface area (Å²) in [7, 11) is 0. The van der Waals surface area contributed by atoms with Crippen LogP contribution in [0.4, 0.5) is 14.5 Å². The first-order valence-electron chi connectivity index (χ1n) is 5.24. The highest BCUT2D eigenvalue weighted by molar-refractivity contribution is 6.82. The van der Waals surface area contributed by atoms with E-state index in [-0.39, 0.29) is 17.5 Å². The topological polar surface area (TPSA) is 59.9 Å². The summed E-state index contributed by atoms with van der Waals surface area (Å²) in [4.78, 5) is 11.1. The minimum atomic E-state index is -2.88. The van der Waals surface area contributed by atoms with Gasteiger partial charge in [-0.15, -0.1) is 0 Å². The number of esters is 1. The summed E-state index contributed by atoms with van der Waals surface area (Å²) in [6.07, 6.45) is 0. The lowest BCUT2D eigenvalue weighted by atomic mass is 10.3. The molecule has 5 nitrogen and oxygen atoms in total. The predicted octanol–water partition coefficient (Wildman–Crippen LogP) is 2.82. The monoisotopic (exact) mass is 292 g/mol. The smallest absolute Gasteiger partial charge is 0.387 e. The van der Waals surface area contributed by atoms with E-state index in [1.807, 2.05) is 0 Å². The summed E-state index contributed by atoms with van der Waals surface area (Å²) >= 11 is 5.55. The third-order valence-corrected chi connectivity index (χ3v) is 2.05. The molecule has 0 aliphatic carbocycles. The van der Waals surface area contributed by atoms with E-state index in [1.165, 1.54) is 24.3 Å². The Labute approximate surface area is 113 Å². The molecular formula is C11H11ClF2N2O3. The lowest BCUT2D eigenvalue weighted by Crippen LogP contribution is -2.13. The molecule has 0 atom stereocenters. The second-order valence-electron chi connectivity index (χ2n) is 3.14. The fraction of sp³-hybridized carbons (Fsp3) is 0.273. The van der Waals surface area contributed by atoms with Gasteiger partial charge in [-0.3, -0.25) is 5.43 Å². The molecule has 1 rings (SSSR count). The number of carbonyl (C=O) groups is 1. The summed E-state index contributed by atoms with van der Waals surface area (Å²) in [6.45, 7) is -1.06. The van der Waals surface area contributed by atoms with Crippen molar-refractivity contribution in [1.29, 1.82) is 0 Å². The molecule has 8 heteroatoms. The Morgan fingerprint density at radius 3 is 2.58 bits per heavy atom. The summed E-state index contributed by atoms with van der Waals surface area (Å²) in [5, 5.41) is 3.21. The fourth-order valence-electron chi connectivity index (χ4n) is 1.06. The van der Waals surface area contributed by atoms with Crippen LogP contribution in [0.5, 0.6) is 5.75 Å². The molecule has 1 aromatic rings. The van der Waals surface area contributed by atoms with E-state index in [9.17, 15) is 13.6 Å². The van der Waals surface area contributed by atoms with Gasteiger partial charge < -0.3 is 9.47 Å². The van der Waals surface area contributed by atoms with Crippen molar-refractivity contribution in [2.24, 2.45) is 5.10 Å². The molecule has 0 aromatic heterocycles. The highest BCUT2D eigenvalue weighted by atomic mass is 35.5. The summed E-state index contributed by atoms with van der Waals surface area (Å²) in [6, 6.07) is 5.53. The van der Waals surface area contributed by atoms with Crippen molar-refractivity contribution in [2.75, 3.05) is 12.0 Å². The molecule has 0 fully saturated rings. The van der Waals surface area contributed by atoms with E-state index in [4.69, 9.17) is 11.6 Å². The van der Waals surface area contributed by atoms with Gasteiger partial charge in [-0.25, -0.2) is 4.79 Å². The minimum absolute atomic E-state index is 0.0148. The molecule has 0 bridgehead atoms. The fourth-order valence-corrected chi connectivity index (χ4v) is 1.16. The second kappa shape index (κ2) is 7.52. The Hall–Kier alpha value is -1.89. The average Bonchev–Trinajstić information content (AvgIpc) is 2.37. The van der Waals surface area contributed by atoms with E-state index in [0.717, 1.165) is 0 Å². The van der Waals surface area contributed by atoms with Crippen LogP contribution in [0.15, 0.2) is 29.4 Å². The molecule has 0 unspecified atom stereocenters. The van der Waals surface area contributed by atoms with Gasteiger partial charge in [0.25, 0.3) is 0 Å². The third-order valence-electron chi connectivity index (χ3n) is 1.81. The Bertz CT molecular complexity index is 452. The van der Waals surface area contributed by atoms with Crippen molar-refractivity contribution in [3.05, 3.63) is 24.3 Å². The normalized spacial score (nSPS) is 11.3. The van der Waals surface area contributed by atoms with Gasteiger partial charge in [0.05, 0.1) is 12.3 Å². The molecule has 0 aliphatic heterocycles. The van der Waals surface area contributed by atoms with Gasteiger partial charge in [0.15, 0.2) is 0 Å². The highest BCUT2D eigenvalue weighted by Crippen LogP contribution is 2.17. The summed E-state index contributed by atoms with van der Waals surface area (Å²) < 4.78 is 32.6. The predicted molar refractivity (Wildman–Crippen MR) is 66.6 cm³/mol. The van der Waals surface area contributed by atoms with Gasteiger partial charge >= 0.3 is 12.6 Å². The maximum Gasteiger partial charge on any atom is 0.387 e. The third kappa shape index (κ3) is 5.52. The van der Waals surface area contributed by atoms with Gasteiger partial charge in [-0.05, 0) is 31.2 Å². The zero-order chi connectivity index (χ0) is 14.3. The molecule has 0 amide bonds. The lowest BCUT2D eigenvalue weighted by molar-refractivity contribution is -0.134. The molecule has 1 N–H and O–H groups in total. The Morgan fingerprint density at radius 1 is 1.42 bits per heavy atom. The molecule has 0 radical (unpaired) electrons. The largest absolute Gasteiger partial charge is 0.461 e. The first-order chi connectivity index (χ1) is 9.02. The van der Waals surface area contributed by atoms with Gasteiger partial charge in [0.2, 0.25) is 5.17 Å². The van der Waals surface area contributed by atoms with E-state index < -0.39 is 12.6 Å². The van der Waals surface area contributed by atoms with E-state index in [1.54, 1.807) is 6.92 Å². The van der Waals surface area contributed by atoms with Gasteiger partial charge in [0, 0.05) is 0 Å². The van der Waals surface area contributed by atoms with Crippen LogP contribution in [0.25, 0.3) is 0 Å². The lowest BCUT2D eigenvalue weighted by Gasteiger charge is -2.05. The van der Waals surface area contributed by atoms with Crippen molar-refractivity contribution in [3.63, 3.8) is 0 Å². The van der Waals surface area contributed by atoms with Crippen molar-refractivity contribution in [1.82, 2.24) is 0 Å². The SMILES string of the molecule is CCOC(=O)C(Cl)=NNc1ccc(OC(F)F)cc1. The Balaban J connectivity index is 2.58. The zero-order valence-electron chi connectivity index (χ0n) is 9.90. The van der Waals surface area contributed by atoms with Crippen LogP contribution < -0.4 is 10.2 Å². The van der Waals surface area contributed by atoms with Crippen LogP contribution >= 0.6 is 11.6 Å². The molecule has 0 saturated heterocycles. The van der Waals surface area contributed by atoms with Crippen molar-refractivity contribution in [2.45, 2.75) is 13.5 Å². The van der Waals surface area contributed by atoms with Crippen molar-refractivity contribution in [3.8, 4) is 5.75 Å². The first kappa shape index (κ1) is 15.2. The molecular weight excluding hydrogens is 282 g/mol. The maximum atomic E-state index is 11.9. The van der Waals surface area contributed by atoms with Crippen LogP contribution in [-0.4, -0.2) is 24.4 Å². The second-order valence-corrected chi connectivity index (χ2v) is 3.50. The standard InChI is InChI=1S/C11H11ClF2N2O3/c1-2-18-10(17)9(12)16-15-7-3-5-8(6-4-7)19-11(13)14/h3-6,11,15H,2H2,1H3. The maximum absolute atomic E-state index is 11.9. The summed E-state index contributed by atoms with van der Waals surface area (Å²) in [5.74, 6) is -0.740. The number of hydrogen-bond acceptors (Lipinski definition) is 5. The average molecular weight is 293 g/mol. The first-order valence-corrected chi connectivity index (χ1v) is 5.62. The van der Waals surface area contributed by atoms with Gasteiger partial charge in [-0.2, -0.15) is 13.9 Å². The molecule has 19 heavy (non-hydrogen) atoms. The number of carbonyl (C=O) groups excluding carboxylic acids is 1. The number of nitrogens with one attached hydrogen (secondary N) is 1. The number of ether oxygens (including phenoxy) is 2. The number of hydrazone groups is 1. The number of nitrogens with zero attached hydrogens (tertiary/aromatic N) is 1. The molecule has 1 aromatic carbocycles. The van der Waals surface area contributed by atoms with Gasteiger partial charge in [-0.1, -0.05) is 11.6 Å². The Morgan fingerprint density at radius 2 is 2.05 bits per heavy atom. The minimum Gasteiger partial charge on any atom is -0.461 e. The van der Waals surface area contributed by atoms with Crippen LogP contribution in [0.2, 0.25) is 0 Å². The number of alkyl halides is 2. The van der Waals surface area contributed by atoms with Crippen LogP contribution in [-0.2, 0) is 9.53 Å². The number of halogens is 3. The number of hydrogen-bond donors (Lipinski definition) is 1. The van der Waals surface area contributed by atoms with Crippen LogP contribution in [0, 0.1) is 0 Å². The molecule has 0 heterocycles. The summed E-state index contributed by atoms with van der Waals surface area (Å²) in [5.41, 5.74) is 2.92. The quantitative estimate of drug-likeness (QED) is 0.497. The van der Waals surface area contributed by atoms with Crippen LogP contribution in [0.3, 0.4) is 0 Å². The number of rotatable bonds is 6. The van der Waals surface area contributed by atoms with E-state index >= 15 is 0 Å². The van der Waals surface area contributed by atoms with Crippen molar-refractivity contribution < 1.29 is 23.0 Å². The molecule has 0 saturated carbocycles. The van der Waals surface area contributed by atoms with Crippen molar-refractivity contribution >= 4 is 28.4 Å². The molecule has 0 spiro atoms. The molecule has 104 valence electrons.